The molecule has 6 nitrogen and oxygen atoms in total. The summed E-state index contributed by atoms with van der Waals surface area (Å²) in [6.07, 6.45) is 1.61. The van der Waals surface area contributed by atoms with Crippen molar-refractivity contribution in [2.24, 2.45) is 0 Å². The lowest BCUT2D eigenvalue weighted by Gasteiger charge is -2.37. The van der Waals surface area contributed by atoms with Gasteiger partial charge in [0.2, 0.25) is 5.91 Å². The van der Waals surface area contributed by atoms with Crippen LogP contribution in [-0.4, -0.2) is 34.8 Å². The largest absolute Gasteiger partial charge is 0.486 e. The van der Waals surface area contributed by atoms with Gasteiger partial charge in [-0.1, -0.05) is 25.1 Å². The number of rotatable bonds is 7. The number of ether oxygens (including phenoxy) is 1. The molecule has 1 N–H and O–H groups in total. The fraction of sp³-hybridized carbons (Fsp3) is 0.320. The molecule has 0 saturated heterocycles. The summed E-state index contributed by atoms with van der Waals surface area (Å²) >= 11 is 1.38. The molecule has 3 aromatic rings. The van der Waals surface area contributed by atoms with Gasteiger partial charge in [-0.3, -0.25) is 9.59 Å². The Morgan fingerprint density at radius 3 is 2.76 bits per heavy atom. The first kappa shape index (κ1) is 22.9. The van der Waals surface area contributed by atoms with Gasteiger partial charge in [0, 0.05) is 25.4 Å². The Labute approximate surface area is 196 Å². The van der Waals surface area contributed by atoms with Crippen LogP contribution in [0.25, 0.3) is 0 Å². The van der Waals surface area contributed by atoms with Crippen molar-refractivity contribution in [2.75, 3.05) is 13.1 Å². The lowest BCUT2D eigenvalue weighted by atomic mass is 9.88. The normalized spacial score (nSPS) is 15.1. The molecule has 33 heavy (non-hydrogen) atoms. The molecule has 2 aromatic carbocycles. The average Bonchev–Trinajstić information content (AvgIpc) is 3.30. The van der Waals surface area contributed by atoms with Crippen molar-refractivity contribution in [1.29, 1.82) is 0 Å². The van der Waals surface area contributed by atoms with E-state index in [9.17, 15) is 14.0 Å². The maximum atomic E-state index is 13.5. The van der Waals surface area contributed by atoms with Crippen LogP contribution < -0.4 is 10.1 Å². The molecular weight excluding hydrogens is 441 g/mol. The van der Waals surface area contributed by atoms with Crippen LogP contribution >= 0.6 is 11.3 Å². The molecule has 1 aliphatic rings. The van der Waals surface area contributed by atoms with Crippen molar-refractivity contribution < 1.29 is 18.7 Å². The molecule has 4 rings (SSSR count). The van der Waals surface area contributed by atoms with Crippen LogP contribution in [0.4, 0.5) is 4.39 Å². The summed E-state index contributed by atoms with van der Waals surface area (Å²) in [6.45, 7) is 5.01. The van der Waals surface area contributed by atoms with Crippen molar-refractivity contribution in [1.82, 2.24) is 15.2 Å². The summed E-state index contributed by atoms with van der Waals surface area (Å²) < 4.78 is 19.5. The van der Waals surface area contributed by atoms with Gasteiger partial charge >= 0.3 is 0 Å². The first-order valence-electron chi connectivity index (χ1n) is 11.0. The number of thiazole rings is 1. The lowest BCUT2D eigenvalue weighted by molar-refractivity contribution is -0.130. The van der Waals surface area contributed by atoms with Crippen LogP contribution in [0.15, 0.2) is 47.8 Å². The molecule has 1 atom stereocenters. The van der Waals surface area contributed by atoms with Crippen LogP contribution in [0.2, 0.25) is 0 Å². The number of benzene rings is 2. The summed E-state index contributed by atoms with van der Waals surface area (Å²) in [5.41, 5.74) is 3.36. The third-order valence-corrected chi connectivity index (χ3v) is 6.44. The van der Waals surface area contributed by atoms with Crippen LogP contribution in [0.3, 0.4) is 0 Å². The Bertz CT molecular complexity index is 1150. The van der Waals surface area contributed by atoms with Gasteiger partial charge in [0.15, 0.2) is 0 Å². The Morgan fingerprint density at radius 1 is 1.24 bits per heavy atom. The lowest BCUT2D eigenvalue weighted by Crippen LogP contribution is -2.39. The number of carbonyl (C=O) groups is 2. The molecule has 1 aromatic heterocycles. The molecule has 8 heteroatoms. The number of amides is 2. The Kier molecular flexibility index (Phi) is 7.03. The van der Waals surface area contributed by atoms with E-state index >= 15 is 0 Å². The molecule has 0 radical (unpaired) electrons. The molecule has 2 heterocycles. The molecule has 0 aliphatic carbocycles. The SMILES string of the molecule is CCCNC(=O)c1csc(COc2ccc3c(c2)[C@@H](c2ccc(F)cc2)N(C(C)=O)CC3)n1. The number of carbonyl (C=O) groups excluding carboxylic acids is 2. The number of fused-ring (bicyclic) bond motifs is 1. The van der Waals surface area contributed by atoms with Crippen LogP contribution in [-0.2, 0) is 17.8 Å². The van der Waals surface area contributed by atoms with E-state index in [-0.39, 0.29) is 30.3 Å². The highest BCUT2D eigenvalue weighted by Gasteiger charge is 2.31. The number of hydrogen-bond acceptors (Lipinski definition) is 5. The zero-order valence-electron chi connectivity index (χ0n) is 18.6. The predicted molar refractivity (Wildman–Crippen MR) is 125 cm³/mol. The predicted octanol–water partition coefficient (Wildman–Crippen LogP) is 4.50. The monoisotopic (exact) mass is 467 g/mol. The van der Waals surface area contributed by atoms with Gasteiger partial charge < -0.3 is 15.0 Å². The number of nitrogens with zero attached hydrogens (tertiary/aromatic N) is 2. The van der Waals surface area contributed by atoms with E-state index in [4.69, 9.17) is 4.74 Å². The number of aromatic nitrogens is 1. The van der Waals surface area contributed by atoms with E-state index in [0.717, 1.165) is 29.5 Å². The summed E-state index contributed by atoms with van der Waals surface area (Å²) in [4.78, 5) is 30.6. The maximum Gasteiger partial charge on any atom is 0.270 e. The topological polar surface area (TPSA) is 71.5 Å². The summed E-state index contributed by atoms with van der Waals surface area (Å²) in [6, 6.07) is 11.8. The van der Waals surface area contributed by atoms with Gasteiger partial charge in [-0.15, -0.1) is 11.3 Å². The molecule has 2 amide bonds. The number of nitrogens with one attached hydrogen (secondary N) is 1. The molecule has 0 fully saturated rings. The van der Waals surface area contributed by atoms with E-state index in [1.165, 1.54) is 23.5 Å². The van der Waals surface area contributed by atoms with Gasteiger partial charge in [0.05, 0.1) is 6.04 Å². The fourth-order valence-corrected chi connectivity index (χ4v) is 4.67. The summed E-state index contributed by atoms with van der Waals surface area (Å²) in [5, 5.41) is 5.25. The van der Waals surface area contributed by atoms with E-state index in [2.05, 4.69) is 10.3 Å². The van der Waals surface area contributed by atoms with Gasteiger partial charge in [0.25, 0.3) is 5.91 Å². The van der Waals surface area contributed by atoms with Gasteiger partial charge in [0.1, 0.15) is 28.9 Å². The molecule has 0 unspecified atom stereocenters. The third kappa shape index (κ3) is 5.22. The van der Waals surface area contributed by atoms with E-state index in [1.54, 1.807) is 29.3 Å². The number of hydrogen-bond donors (Lipinski definition) is 1. The molecule has 172 valence electrons. The van der Waals surface area contributed by atoms with E-state index in [0.29, 0.717) is 29.5 Å². The molecule has 1 aliphatic heterocycles. The highest BCUT2D eigenvalue weighted by atomic mass is 32.1. The second kappa shape index (κ2) is 10.1. The van der Waals surface area contributed by atoms with Crippen LogP contribution in [0, 0.1) is 5.82 Å². The van der Waals surface area contributed by atoms with Crippen LogP contribution in [0.5, 0.6) is 5.75 Å². The Hall–Kier alpha value is -3.26. The smallest absolute Gasteiger partial charge is 0.270 e. The zero-order valence-corrected chi connectivity index (χ0v) is 19.5. The van der Waals surface area contributed by atoms with Crippen molar-refractivity contribution in [3.8, 4) is 5.75 Å². The minimum Gasteiger partial charge on any atom is -0.486 e. The molecule has 0 bridgehead atoms. The fourth-order valence-electron chi connectivity index (χ4n) is 3.98. The standard InChI is InChI=1S/C25H26FN3O3S/c1-3-11-27-25(31)22-15-33-23(28-22)14-32-20-9-6-17-10-12-29(16(2)30)24(21(17)13-20)18-4-7-19(26)8-5-18/h4-9,13,15,24H,3,10-12,14H2,1-2H3,(H,27,31)/t24-/m1/s1. The Balaban J connectivity index is 1.54. The first-order valence-corrected chi connectivity index (χ1v) is 11.8. The van der Waals surface area contributed by atoms with E-state index < -0.39 is 0 Å². The summed E-state index contributed by atoms with van der Waals surface area (Å²) in [5.74, 6) is 0.128. The van der Waals surface area contributed by atoms with Gasteiger partial charge in [-0.05, 0) is 53.8 Å². The maximum absolute atomic E-state index is 13.5. The van der Waals surface area contributed by atoms with Gasteiger partial charge in [-0.25, -0.2) is 9.37 Å². The molecule has 0 spiro atoms. The zero-order chi connectivity index (χ0) is 23.4. The quantitative estimate of drug-likeness (QED) is 0.556. The second-order valence-corrected chi connectivity index (χ2v) is 8.89. The van der Waals surface area contributed by atoms with E-state index in [1.807, 2.05) is 25.1 Å². The molecular formula is C25H26FN3O3S. The minimum atomic E-state index is -0.313. The third-order valence-electron chi connectivity index (χ3n) is 5.62. The highest BCUT2D eigenvalue weighted by molar-refractivity contribution is 7.09. The molecule has 0 saturated carbocycles. The van der Waals surface area contributed by atoms with Crippen molar-refractivity contribution in [2.45, 2.75) is 39.3 Å². The van der Waals surface area contributed by atoms with Crippen molar-refractivity contribution >= 4 is 23.2 Å². The van der Waals surface area contributed by atoms with Gasteiger partial charge in [-0.2, -0.15) is 0 Å². The Morgan fingerprint density at radius 2 is 2.03 bits per heavy atom. The average molecular weight is 468 g/mol. The van der Waals surface area contributed by atoms with Crippen molar-refractivity contribution in [3.63, 3.8) is 0 Å². The van der Waals surface area contributed by atoms with Crippen molar-refractivity contribution in [3.05, 3.63) is 81.1 Å². The summed E-state index contributed by atoms with van der Waals surface area (Å²) in [7, 11) is 0. The highest BCUT2D eigenvalue weighted by Crippen LogP contribution is 2.37. The first-order chi connectivity index (χ1) is 16.0. The van der Waals surface area contributed by atoms with Crippen LogP contribution in [0.1, 0.15) is 58.5 Å². The number of halogens is 1. The minimum absolute atomic E-state index is 0.0297. The second-order valence-electron chi connectivity index (χ2n) is 7.95.